The molecule has 0 spiro atoms. The first-order valence-corrected chi connectivity index (χ1v) is 14.6. The van der Waals surface area contributed by atoms with E-state index in [0.29, 0.717) is 22.6 Å². The molecular formula is C25H23N3O5S3. The Bertz CT molecular complexity index is 1600. The summed E-state index contributed by atoms with van der Waals surface area (Å²) in [6.07, 6.45) is 0. The van der Waals surface area contributed by atoms with Crippen LogP contribution in [0.4, 0.5) is 17.1 Å². The Morgan fingerprint density at radius 2 is 1.42 bits per heavy atom. The first-order chi connectivity index (χ1) is 17.0. The number of benzene rings is 3. The SMILES string of the molecule is Cc1ccc(NS(=O)(=O)c2ccc(NC(=O)c3ccc(NS(=O)(=O)c4cccs4)cc3)cc2)c(C)c1. The Balaban J connectivity index is 1.40. The van der Waals surface area contributed by atoms with Crippen LogP contribution in [0.2, 0.25) is 0 Å². The van der Waals surface area contributed by atoms with Gasteiger partial charge in [-0.1, -0.05) is 23.8 Å². The van der Waals surface area contributed by atoms with E-state index in [1.807, 2.05) is 26.0 Å². The molecule has 3 N–H and O–H groups in total. The average molecular weight is 542 g/mol. The van der Waals surface area contributed by atoms with Gasteiger partial charge in [-0.05, 0) is 85.5 Å². The third-order valence-corrected chi connectivity index (χ3v) is 9.37. The number of rotatable bonds is 8. The summed E-state index contributed by atoms with van der Waals surface area (Å²) in [6.45, 7) is 3.76. The Morgan fingerprint density at radius 1 is 0.750 bits per heavy atom. The molecule has 11 heteroatoms. The highest BCUT2D eigenvalue weighted by Gasteiger charge is 2.17. The van der Waals surface area contributed by atoms with Crippen molar-refractivity contribution in [3.63, 3.8) is 0 Å². The second-order valence-corrected chi connectivity index (χ2v) is 12.6. The Kier molecular flexibility index (Phi) is 7.16. The highest BCUT2D eigenvalue weighted by molar-refractivity contribution is 7.94. The summed E-state index contributed by atoms with van der Waals surface area (Å²) < 4.78 is 55.4. The van der Waals surface area contributed by atoms with Crippen molar-refractivity contribution in [2.45, 2.75) is 23.0 Å². The fourth-order valence-electron chi connectivity index (χ4n) is 3.36. The van der Waals surface area contributed by atoms with Crippen molar-refractivity contribution in [1.82, 2.24) is 0 Å². The molecular weight excluding hydrogens is 518 g/mol. The molecule has 0 unspecified atom stereocenters. The topological polar surface area (TPSA) is 121 Å². The van der Waals surface area contributed by atoms with Gasteiger partial charge in [0, 0.05) is 16.9 Å². The predicted molar refractivity (Wildman–Crippen MR) is 143 cm³/mol. The summed E-state index contributed by atoms with van der Waals surface area (Å²) >= 11 is 1.11. The van der Waals surface area contributed by atoms with Gasteiger partial charge >= 0.3 is 0 Å². The van der Waals surface area contributed by atoms with Crippen LogP contribution in [0.25, 0.3) is 0 Å². The van der Waals surface area contributed by atoms with Gasteiger partial charge in [0.15, 0.2) is 0 Å². The van der Waals surface area contributed by atoms with E-state index in [1.165, 1.54) is 54.6 Å². The molecule has 0 fully saturated rings. The van der Waals surface area contributed by atoms with Gasteiger partial charge in [0.1, 0.15) is 4.21 Å². The first-order valence-electron chi connectivity index (χ1n) is 10.7. The molecule has 4 aromatic rings. The molecule has 3 aromatic carbocycles. The van der Waals surface area contributed by atoms with Gasteiger partial charge in [0.25, 0.3) is 26.0 Å². The van der Waals surface area contributed by atoms with Crippen LogP contribution in [0.15, 0.2) is 93.3 Å². The van der Waals surface area contributed by atoms with E-state index in [4.69, 9.17) is 0 Å². The second-order valence-electron chi connectivity index (χ2n) is 8.02. The molecule has 1 heterocycles. The normalized spacial score (nSPS) is 11.6. The molecule has 4 rings (SSSR count). The van der Waals surface area contributed by atoms with Crippen LogP contribution >= 0.6 is 11.3 Å². The van der Waals surface area contributed by atoms with Crippen LogP contribution in [0.5, 0.6) is 0 Å². The minimum absolute atomic E-state index is 0.0582. The number of anilines is 3. The lowest BCUT2D eigenvalue weighted by Gasteiger charge is -2.12. The maximum Gasteiger partial charge on any atom is 0.271 e. The number of nitrogens with one attached hydrogen (secondary N) is 3. The number of sulfonamides is 2. The van der Waals surface area contributed by atoms with Crippen molar-refractivity contribution in [3.8, 4) is 0 Å². The molecule has 0 bridgehead atoms. The van der Waals surface area contributed by atoms with Crippen LogP contribution in [-0.2, 0) is 20.0 Å². The Hall–Kier alpha value is -3.67. The molecule has 0 radical (unpaired) electrons. The van der Waals surface area contributed by atoms with Gasteiger partial charge in [-0.2, -0.15) is 0 Å². The van der Waals surface area contributed by atoms with Crippen molar-refractivity contribution in [2.24, 2.45) is 0 Å². The fourth-order valence-corrected chi connectivity index (χ4v) is 6.55. The summed E-state index contributed by atoms with van der Waals surface area (Å²) in [6, 6.07) is 20.4. The number of carbonyl (C=O) groups excluding carboxylic acids is 1. The zero-order chi connectivity index (χ0) is 25.9. The average Bonchev–Trinajstić information content (AvgIpc) is 3.38. The van der Waals surface area contributed by atoms with E-state index in [-0.39, 0.29) is 9.10 Å². The molecule has 186 valence electrons. The fraction of sp³-hybridized carbons (Fsp3) is 0.0800. The van der Waals surface area contributed by atoms with Gasteiger partial charge in [0.05, 0.1) is 10.6 Å². The van der Waals surface area contributed by atoms with Crippen molar-refractivity contribution < 1.29 is 21.6 Å². The molecule has 1 amide bonds. The van der Waals surface area contributed by atoms with Gasteiger partial charge in [-0.15, -0.1) is 11.3 Å². The van der Waals surface area contributed by atoms with Crippen LogP contribution in [0, 0.1) is 13.8 Å². The second kappa shape index (κ2) is 10.1. The minimum Gasteiger partial charge on any atom is -0.322 e. The quantitative estimate of drug-likeness (QED) is 0.282. The van der Waals surface area contributed by atoms with Crippen molar-refractivity contribution in [1.29, 1.82) is 0 Å². The molecule has 1 aromatic heterocycles. The minimum atomic E-state index is -3.80. The molecule has 0 saturated heterocycles. The lowest BCUT2D eigenvalue weighted by molar-refractivity contribution is 0.102. The molecule has 0 aliphatic rings. The third kappa shape index (κ3) is 5.93. The summed E-state index contributed by atoms with van der Waals surface area (Å²) in [4.78, 5) is 12.7. The smallest absolute Gasteiger partial charge is 0.271 e. The molecule has 0 aliphatic heterocycles. The van der Waals surface area contributed by atoms with E-state index < -0.39 is 26.0 Å². The molecule has 0 aliphatic carbocycles. The van der Waals surface area contributed by atoms with Crippen molar-refractivity contribution in [3.05, 3.63) is 101 Å². The maximum absolute atomic E-state index is 12.8. The van der Waals surface area contributed by atoms with Gasteiger partial charge in [0.2, 0.25) is 0 Å². The summed E-state index contributed by atoms with van der Waals surface area (Å²) in [7, 11) is -7.48. The Labute approximate surface area is 214 Å². The monoisotopic (exact) mass is 541 g/mol. The maximum atomic E-state index is 12.8. The van der Waals surface area contributed by atoms with Crippen LogP contribution < -0.4 is 14.8 Å². The zero-order valence-electron chi connectivity index (χ0n) is 19.3. The van der Waals surface area contributed by atoms with Crippen LogP contribution in [0.3, 0.4) is 0 Å². The summed E-state index contributed by atoms with van der Waals surface area (Å²) in [5.41, 5.74) is 3.39. The van der Waals surface area contributed by atoms with E-state index in [1.54, 1.807) is 17.5 Å². The highest BCUT2D eigenvalue weighted by Crippen LogP contribution is 2.23. The van der Waals surface area contributed by atoms with E-state index in [2.05, 4.69) is 14.8 Å². The largest absolute Gasteiger partial charge is 0.322 e. The van der Waals surface area contributed by atoms with E-state index in [9.17, 15) is 21.6 Å². The predicted octanol–water partition coefficient (Wildman–Crippen LogP) is 5.22. The lowest BCUT2D eigenvalue weighted by atomic mass is 10.1. The summed E-state index contributed by atoms with van der Waals surface area (Å²) in [5, 5.41) is 4.37. The standard InChI is InChI=1S/C25H23N3O5S3/c1-17-5-14-23(18(2)16-17)28-35(30,31)22-12-10-20(11-13-22)26-25(29)19-6-8-21(9-7-19)27-36(32,33)24-4-3-15-34-24/h3-16,27-28H,1-2H3,(H,26,29). The van der Waals surface area contributed by atoms with Gasteiger partial charge < -0.3 is 5.32 Å². The lowest BCUT2D eigenvalue weighted by Crippen LogP contribution is -2.15. The van der Waals surface area contributed by atoms with Crippen molar-refractivity contribution in [2.75, 3.05) is 14.8 Å². The van der Waals surface area contributed by atoms with Gasteiger partial charge in [-0.3, -0.25) is 14.2 Å². The number of amides is 1. The first kappa shape index (κ1) is 25.4. The third-order valence-electron chi connectivity index (χ3n) is 5.21. The molecule has 0 atom stereocenters. The number of aryl methyl sites for hydroxylation is 2. The van der Waals surface area contributed by atoms with Gasteiger partial charge in [-0.25, -0.2) is 16.8 Å². The van der Waals surface area contributed by atoms with E-state index in [0.717, 1.165) is 22.5 Å². The number of carbonyl (C=O) groups is 1. The number of thiophene rings is 1. The molecule has 36 heavy (non-hydrogen) atoms. The number of hydrogen-bond acceptors (Lipinski definition) is 6. The zero-order valence-corrected chi connectivity index (χ0v) is 21.8. The molecule has 0 saturated carbocycles. The van der Waals surface area contributed by atoms with Crippen molar-refractivity contribution >= 4 is 54.4 Å². The van der Waals surface area contributed by atoms with Crippen LogP contribution in [-0.4, -0.2) is 22.7 Å². The number of hydrogen-bond donors (Lipinski definition) is 3. The van der Waals surface area contributed by atoms with Crippen LogP contribution in [0.1, 0.15) is 21.5 Å². The Morgan fingerprint density at radius 3 is 2.03 bits per heavy atom. The highest BCUT2D eigenvalue weighted by atomic mass is 32.2. The molecule has 8 nitrogen and oxygen atoms in total. The van der Waals surface area contributed by atoms with E-state index >= 15 is 0 Å². The summed E-state index contributed by atoms with van der Waals surface area (Å²) in [5.74, 6) is -0.424.